The van der Waals surface area contributed by atoms with E-state index in [4.69, 9.17) is 14.9 Å². The zero-order valence-electron chi connectivity index (χ0n) is 11.8. The molecule has 0 spiro atoms. The average molecular weight is 295 g/mol. The molecule has 22 heavy (non-hydrogen) atoms. The number of para-hydroxylation sites is 1. The highest BCUT2D eigenvalue weighted by atomic mass is 16.5. The Labute approximate surface area is 125 Å². The van der Waals surface area contributed by atoms with Crippen molar-refractivity contribution < 1.29 is 13.9 Å². The fourth-order valence-electron chi connectivity index (χ4n) is 2.32. The SMILES string of the molecule is COc1cc(C(N)=O)ccc1-c1cc2ccccc2oc1=O. The molecule has 3 rings (SSSR count). The zero-order chi connectivity index (χ0) is 15.7. The first-order chi connectivity index (χ1) is 10.6. The van der Waals surface area contributed by atoms with Gasteiger partial charge in [0, 0.05) is 16.5 Å². The van der Waals surface area contributed by atoms with Gasteiger partial charge in [0.15, 0.2) is 0 Å². The number of amides is 1. The Morgan fingerprint density at radius 1 is 1.09 bits per heavy atom. The molecular formula is C17H13NO4. The van der Waals surface area contributed by atoms with Crippen LogP contribution in [-0.4, -0.2) is 13.0 Å². The molecule has 0 saturated carbocycles. The lowest BCUT2D eigenvalue weighted by atomic mass is 10.0. The number of hydrogen-bond acceptors (Lipinski definition) is 4. The molecule has 0 aliphatic rings. The van der Waals surface area contributed by atoms with Crippen molar-refractivity contribution in [2.45, 2.75) is 0 Å². The van der Waals surface area contributed by atoms with Gasteiger partial charge in [-0.2, -0.15) is 0 Å². The van der Waals surface area contributed by atoms with Crippen LogP contribution in [0.4, 0.5) is 0 Å². The molecule has 0 atom stereocenters. The molecule has 0 aliphatic heterocycles. The van der Waals surface area contributed by atoms with Crippen LogP contribution in [0.1, 0.15) is 10.4 Å². The standard InChI is InChI=1S/C17H13NO4/c1-21-15-9-11(16(18)19)6-7-12(15)13-8-10-4-2-3-5-14(10)22-17(13)20/h2-9H,1H3,(H2,18,19). The van der Waals surface area contributed by atoms with E-state index in [2.05, 4.69) is 0 Å². The van der Waals surface area contributed by atoms with E-state index < -0.39 is 11.5 Å². The van der Waals surface area contributed by atoms with Crippen LogP contribution in [-0.2, 0) is 0 Å². The van der Waals surface area contributed by atoms with Crippen molar-refractivity contribution in [2.24, 2.45) is 5.73 Å². The summed E-state index contributed by atoms with van der Waals surface area (Å²) in [5, 5.41) is 0.804. The van der Waals surface area contributed by atoms with Crippen LogP contribution in [0.5, 0.6) is 5.75 Å². The van der Waals surface area contributed by atoms with Gasteiger partial charge in [0.25, 0.3) is 0 Å². The van der Waals surface area contributed by atoms with Crippen LogP contribution in [0, 0.1) is 0 Å². The Morgan fingerprint density at radius 3 is 2.59 bits per heavy atom. The van der Waals surface area contributed by atoms with E-state index in [1.165, 1.54) is 13.2 Å². The molecule has 1 amide bonds. The van der Waals surface area contributed by atoms with Crippen molar-refractivity contribution in [2.75, 3.05) is 7.11 Å². The summed E-state index contributed by atoms with van der Waals surface area (Å²) in [5.74, 6) is -0.172. The number of nitrogens with two attached hydrogens (primary N) is 1. The van der Waals surface area contributed by atoms with Gasteiger partial charge < -0.3 is 14.9 Å². The van der Waals surface area contributed by atoms with Crippen LogP contribution in [0.2, 0.25) is 0 Å². The Bertz CT molecular complexity index is 927. The van der Waals surface area contributed by atoms with Crippen LogP contribution in [0.15, 0.2) is 57.7 Å². The van der Waals surface area contributed by atoms with Gasteiger partial charge >= 0.3 is 5.63 Å². The number of ether oxygens (including phenoxy) is 1. The van der Waals surface area contributed by atoms with Crippen LogP contribution in [0.3, 0.4) is 0 Å². The highest BCUT2D eigenvalue weighted by Gasteiger charge is 2.14. The highest BCUT2D eigenvalue weighted by molar-refractivity contribution is 5.94. The van der Waals surface area contributed by atoms with Gasteiger partial charge in [-0.3, -0.25) is 4.79 Å². The predicted molar refractivity (Wildman–Crippen MR) is 83.0 cm³/mol. The number of primary amides is 1. The quantitative estimate of drug-likeness (QED) is 0.753. The molecule has 1 aromatic heterocycles. The molecule has 0 aliphatic carbocycles. The lowest BCUT2D eigenvalue weighted by Gasteiger charge is -2.09. The van der Waals surface area contributed by atoms with Crippen molar-refractivity contribution in [1.82, 2.24) is 0 Å². The maximum atomic E-state index is 12.2. The number of hydrogen-bond donors (Lipinski definition) is 1. The second-order valence-electron chi connectivity index (χ2n) is 4.76. The van der Waals surface area contributed by atoms with Crippen molar-refractivity contribution in [3.8, 4) is 16.9 Å². The average Bonchev–Trinajstić information content (AvgIpc) is 2.53. The van der Waals surface area contributed by atoms with E-state index in [0.717, 1.165) is 5.39 Å². The summed E-state index contributed by atoms with van der Waals surface area (Å²) in [7, 11) is 1.46. The van der Waals surface area contributed by atoms with E-state index in [1.807, 2.05) is 12.1 Å². The molecule has 1 heterocycles. The molecule has 2 N–H and O–H groups in total. The molecule has 2 aromatic carbocycles. The van der Waals surface area contributed by atoms with Crippen LogP contribution < -0.4 is 16.1 Å². The number of fused-ring (bicyclic) bond motifs is 1. The molecule has 0 bridgehead atoms. The molecule has 3 aromatic rings. The second kappa shape index (κ2) is 5.37. The van der Waals surface area contributed by atoms with Gasteiger partial charge in [0.2, 0.25) is 5.91 Å². The van der Waals surface area contributed by atoms with Gasteiger partial charge in [-0.15, -0.1) is 0 Å². The summed E-state index contributed by atoms with van der Waals surface area (Å²) < 4.78 is 10.6. The fourth-order valence-corrected chi connectivity index (χ4v) is 2.32. The summed E-state index contributed by atoms with van der Waals surface area (Å²) in [6.45, 7) is 0. The normalized spacial score (nSPS) is 10.6. The number of carbonyl (C=O) groups is 1. The monoisotopic (exact) mass is 295 g/mol. The molecule has 0 unspecified atom stereocenters. The van der Waals surface area contributed by atoms with E-state index in [9.17, 15) is 9.59 Å². The largest absolute Gasteiger partial charge is 0.496 e. The Kier molecular flexibility index (Phi) is 3.39. The number of rotatable bonds is 3. The summed E-state index contributed by atoms with van der Waals surface area (Å²) in [6.07, 6.45) is 0. The van der Waals surface area contributed by atoms with Crippen molar-refractivity contribution in [1.29, 1.82) is 0 Å². The van der Waals surface area contributed by atoms with Gasteiger partial charge in [0.1, 0.15) is 11.3 Å². The molecule has 0 fully saturated rings. The summed E-state index contributed by atoms with van der Waals surface area (Å²) in [5.41, 5.74) is 6.53. The molecule has 0 saturated heterocycles. The Balaban J connectivity index is 2.24. The highest BCUT2D eigenvalue weighted by Crippen LogP contribution is 2.30. The smallest absolute Gasteiger partial charge is 0.344 e. The van der Waals surface area contributed by atoms with Crippen molar-refractivity contribution in [3.05, 3.63) is 64.5 Å². The fraction of sp³-hybridized carbons (Fsp3) is 0.0588. The molecule has 0 radical (unpaired) electrons. The van der Waals surface area contributed by atoms with Gasteiger partial charge in [-0.05, 0) is 30.3 Å². The van der Waals surface area contributed by atoms with Crippen molar-refractivity contribution in [3.63, 3.8) is 0 Å². The minimum atomic E-state index is -0.560. The Hall–Kier alpha value is -3.08. The molecular weight excluding hydrogens is 282 g/mol. The zero-order valence-corrected chi connectivity index (χ0v) is 11.8. The number of benzene rings is 2. The maximum Gasteiger partial charge on any atom is 0.344 e. The molecule has 5 nitrogen and oxygen atoms in total. The van der Waals surface area contributed by atoms with E-state index in [-0.39, 0.29) is 0 Å². The van der Waals surface area contributed by atoms with Crippen LogP contribution >= 0.6 is 0 Å². The van der Waals surface area contributed by atoms with Gasteiger partial charge in [-0.25, -0.2) is 4.79 Å². The van der Waals surface area contributed by atoms with Crippen LogP contribution in [0.25, 0.3) is 22.1 Å². The second-order valence-corrected chi connectivity index (χ2v) is 4.76. The third-order valence-electron chi connectivity index (χ3n) is 3.42. The number of methoxy groups -OCH3 is 1. The van der Waals surface area contributed by atoms with E-state index in [1.54, 1.807) is 30.3 Å². The van der Waals surface area contributed by atoms with Gasteiger partial charge in [-0.1, -0.05) is 18.2 Å². The lowest BCUT2D eigenvalue weighted by Crippen LogP contribution is -2.11. The van der Waals surface area contributed by atoms with Crippen molar-refractivity contribution >= 4 is 16.9 Å². The third kappa shape index (κ3) is 2.33. The minimum Gasteiger partial charge on any atom is -0.496 e. The third-order valence-corrected chi connectivity index (χ3v) is 3.42. The number of carbonyl (C=O) groups excluding carboxylic acids is 1. The summed E-state index contributed by atoms with van der Waals surface area (Å²) in [4.78, 5) is 23.5. The first-order valence-corrected chi connectivity index (χ1v) is 6.61. The maximum absolute atomic E-state index is 12.2. The summed E-state index contributed by atoms with van der Waals surface area (Å²) >= 11 is 0. The summed E-state index contributed by atoms with van der Waals surface area (Å²) in [6, 6.07) is 13.7. The van der Waals surface area contributed by atoms with E-state index in [0.29, 0.717) is 28.0 Å². The van der Waals surface area contributed by atoms with E-state index >= 15 is 0 Å². The molecule has 5 heteroatoms. The molecule has 110 valence electrons. The lowest BCUT2D eigenvalue weighted by molar-refractivity contribution is 0.1000. The minimum absolute atomic E-state index is 0.311. The first-order valence-electron chi connectivity index (χ1n) is 6.61. The predicted octanol–water partition coefficient (Wildman–Crippen LogP) is 2.57. The van der Waals surface area contributed by atoms with Gasteiger partial charge in [0.05, 0.1) is 12.7 Å². The topological polar surface area (TPSA) is 82.5 Å². The first kappa shape index (κ1) is 13.9. The Morgan fingerprint density at radius 2 is 1.86 bits per heavy atom.